The SMILES string of the molecule is CCOc1ccc(N2C(=O)C(Cl)=C(Nc3cccc(C(=O)Nc4cc(Cl)ccc4O)c3)C2=O)cc1. The summed E-state index contributed by atoms with van der Waals surface area (Å²) in [6.07, 6.45) is 0. The molecule has 0 fully saturated rings. The van der Waals surface area contributed by atoms with Gasteiger partial charge in [-0.05, 0) is 67.6 Å². The smallest absolute Gasteiger partial charge is 0.283 e. The molecule has 3 aromatic rings. The molecule has 3 amide bonds. The van der Waals surface area contributed by atoms with Crippen molar-refractivity contribution >= 4 is 58.0 Å². The molecule has 1 aliphatic heterocycles. The van der Waals surface area contributed by atoms with E-state index in [1.54, 1.807) is 42.5 Å². The van der Waals surface area contributed by atoms with Crippen LogP contribution in [0.3, 0.4) is 0 Å². The van der Waals surface area contributed by atoms with Gasteiger partial charge in [-0.3, -0.25) is 14.4 Å². The standard InChI is InChI=1S/C25H19Cl2N3O5/c1-2-35-18-9-7-17(8-10-18)30-24(33)21(27)22(25(30)34)28-16-5-3-4-14(12-16)23(32)29-19-13-15(26)6-11-20(19)31/h3-13,28,31H,2H2,1H3,(H,29,32). The van der Waals surface area contributed by atoms with Crippen molar-refractivity contribution < 1.29 is 24.2 Å². The van der Waals surface area contributed by atoms with E-state index in [1.807, 2.05) is 6.92 Å². The van der Waals surface area contributed by atoms with E-state index in [0.29, 0.717) is 28.8 Å². The van der Waals surface area contributed by atoms with E-state index >= 15 is 0 Å². The molecule has 0 atom stereocenters. The molecule has 3 aromatic carbocycles. The average Bonchev–Trinajstić information content (AvgIpc) is 3.05. The fraction of sp³-hybridized carbons (Fsp3) is 0.0800. The van der Waals surface area contributed by atoms with Crippen molar-refractivity contribution in [3.05, 3.63) is 88.0 Å². The Kier molecular flexibility index (Phi) is 6.95. The summed E-state index contributed by atoms with van der Waals surface area (Å²) < 4.78 is 5.39. The van der Waals surface area contributed by atoms with Gasteiger partial charge in [-0.2, -0.15) is 0 Å². The van der Waals surface area contributed by atoms with Crippen LogP contribution in [-0.4, -0.2) is 29.4 Å². The van der Waals surface area contributed by atoms with Crippen LogP contribution in [0.2, 0.25) is 5.02 Å². The van der Waals surface area contributed by atoms with E-state index in [-0.39, 0.29) is 27.7 Å². The number of halogens is 2. The predicted octanol–water partition coefficient (Wildman–Crippen LogP) is 5.13. The molecule has 10 heteroatoms. The number of nitrogens with zero attached hydrogens (tertiary/aromatic N) is 1. The van der Waals surface area contributed by atoms with Crippen LogP contribution < -0.4 is 20.3 Å². The lowest BCUT2D eigenvalue weighted by Crippen LogP contribution is -2.32. The minimum absolute atomic E-state index is 0.115. The van der Waals surface area contributed by atoms with Gasteiger partial charge in [0.2, 0.25) is 0 Å². The molecule has 8 nitrogen and oxygen atoms in total. The number of aromatic hydroxyl groups is 1. The van der Waals surface area contributed by atoms with Gasteiger partial charge in [0, 0.05) is 16.3 Å². The van der Waals surface area contributed by atoms with Crippen LogP contribution in [0.4, 0.5) is 17.1 Å². The summed E-state index contributed by atoms with van der Waals surface area (Å²) in [6.45, 7) is 2.34. The Balaban J connectivity index is 1.52. The topological polar surface area (TPSA) is 108 Å². The summed E-state index contributed by atoms with van der Waals surface area (Å²) in [6, 6.07) is 17.0. The number of carbonyl (C=O) groups is 3. The predicted molar refractivity (Wildman–Crippen MR) is 134 cm³/mol. The third-order valence-electron chi connectivity index (χ3n) is 5.03. The third kappa shape index (κ3) is 5.08. The second-order valence-electron chi connectivity index (χ2n) is 7.38. The van der Waals surface area contributed by atoms with Crippen LogP contribution >= 0.6 is 23.2 Å². The fourth-order valence-electron chi connectivity index (χ4n) is 3.39. The van der Waals surface area contributed by atoms with Crippen molar-refractivity contribution in [3.8, 4) is 11.5 Å². The van der Waals surface area contributed by atoms with Crippen molar-refractivity contribution in [2.75, 3.05) is 22.1 Å². The maximum absolute atomic E-state index is 13.0. The van der Waals surface area contributed by atoms with Gasteiger partial charge >= 0.3 is 0 Å². The average molecular weight is 512 g/mol. The van der Waals surface area contributed by atoms with Gasteiger partial charge in [-0.15, -0.1) is 0 Å². The Morgan fingerprint density at radius 2 is 1.74 bits per heavy atom. The molecular formula is C25H19Cl2N3O5. The summed E-state index contributed by atoms with van der Waals surface area (Å²) in [7, 11) is 0. The molecule has 0 unspecified atom stereocenters. The number of hydrogen-bond donors (Lipinski definition) is 3. The third-order valence-corrected chi connectivity index (χ3v) is 5.62. The van der Waals surface area contributed by atoms with Crippen molar-refractivity contribution in [2.24, 2.45) is 0 Å². The van der Waals surface area contributed by atoms with Crippen molar-refractivity contribution in [3.63, 3.8) is 0 Å². The molecule has 0 spiro atoms. The van der Waals surface area contributed by atoms with Gasteiger partial charge in [-0.1, -0.05) is 29.3 Å². The number of benzene rings is 3. The number of hydrogen-bond acceptors (Lipinski definition) is 6. The highest BCUT2D eigenvalue weighted by molar-refractivity contribution is 6.53. The van der Waals surface area contributed by atoms with Crippen LogP contribution in [-0.2, 0) is 9.59 Å². The molecule has 178 valence electrons. The largest absolute Gasteiger partial charge is 0.506 e. The van der Waals surface area contributed by atoms with Crippen LogP contribution in [0, 0.1) is 0 Å². The highest BCUT2D eigenvalue weighted by Crippen LogP contribution is 2.32. The van der Waals surface area contributed by atoms with Crippen molar-refractivity contribution in [2.45, 2.75) is 6.92 Å². The Labute approximate surface area is 210 Å². The quantitative estimate of drug-likeness (QED) is 0.299. The molecule has 0 aromatic heterocycles. The lowest BCUT2D eigenvalue weighted by molar-refractivity contribution is -0.120. The molecular weight excluding hydrogens is 493 g/mol. The van der Waals surface area contributed by atoms with E-state index in [2.05, 4.69) is 10.6 Å². The van der Waals surface area contributed by atoms with Crippen LogP contribution in [0.15, 0.2) is 77.5 Å². The van der Waals surface area contributed by atoms with E-state index < -0.39 is 17.7 Å². The minimum atomic E-state index is -0.673. The Bertz CT molecular complexity index is 1360. The van der Waals surface area contributed by atoms with Gasteiger partial charge < -0.3 is 20.5 Å². The number of phenolic OH excluding ortho intramolecular Hbond substituents is 1. The summed E-state index contributed by atoms with van der Waals surface area (Å²) in [5.74, 6) is -1.36. The number of imide groups is 1. The van der Waals surface area contributed by atoms with Crippen molar-refractivity contribution in [1.82, 2.24) is 0 Å². The number of amides is 3. The first kappa shape index (κ1) is 24.1. The molecule has 1 heterocycles. The van der Waals surface area contributed by atoms with Gasteiger partial charge in [0.15, 0.2) is 0 Å². The Hall–Kier alpha value is -4.01. The summed E-state index contributed by atoms with van der Waals surface area (Å²) in [5.41, 5.74) is 0.958. The zero-order chi connectivity index (χ0) is 25.1. The Morgan fingerprint density at radius 1 is 1.00 bits per heavy atom. The number of ether oxygens (including phenoxy) is 1. The van der Waals surface area contributed by atoms with Gasteiger partial charge in [0.25, 0.3) is 17.7 Å². The van der Waals surface area contributed by atoms with Crippen LogP contribution in [0.25, 0.3) is 0 Å². The molecule has 35 heavy (non-hydrogen) atoms. The molecule has 0 bridgehead atoms. The normalized spacial score (nSPS) is 13.3. The maximum Gasteiger partial charge on any atom is 0.283 e. The molecule has 4 rings (SSSR count). The van der Waals surface area contributed by atoms with E-state index in [9.17, 15) is 19.5 Å². The monoisotopic (exact) mass is 511 g/mol. The molecule has 0 radical (unpaired) electrons. The first-order valence-electron chi connectivity index (χ1n) is 10.5. The van der Waals surface area contributed by atoms with E-state index in [0.717, 1.165) is 4.90 Å². The summed E-state index contributed by atoms with van der Waals surface area (Å²) >= 11 is 12.1. The molecule has 1 aliphatic rings. The van der Waals surface area contributed by atoms with E-state index in [4.69, 9.17) is 27.9 Å². The minimum Gasteiger partial charge on any atom is -0.506 e. The second kappa shape index (κ2) is 10.1. The molecule has 3 N–H and O–H groups in total. The maximum atomic E-state index is 13.0. The van der Waals surface area contributed by atoms with Gasteiger partial charge in [0.05, 0.1) is 18.0 Å². The van der Waals surface area contributed by atoms with Crippen LogP contribution in [0.1, 0.15) is 17.3 Å². The fourth-order valence-corrected chi connectivity index (χ4v) is 3.77. The first-order valence-corrected chi connectivity index (χ1v) is 11.2. The first-order chi connectivity index (χ1) is 16.8. The van der Waals surface area contributed by atoms with Gasteiger partial charge in [-0.25, -0.2) is 4.90 Å². The van der Waals surface area contributed by atoms with Crippen molar-refractivity contribution in [1.29, 1.82) is 0 Å². The number of phenols is 1. The second-order valence-corrected chi connectivity index (χ2v) is 8.20. The van der Waals surface area contributed by atoms with Gasteiger partial charge in [0.1, 0.15) is 22.2 Å². The zero-order valence-electron chi connectivity index (χ0n) is 18.3. The van der Waals surface area contributed by atoms with E-state index in [1.165, 1.54) is 24.3 Å². The highest BCUT2D eigenvalue weighted by atomic mass is 35.5. The molecule has 0 saturated carbocycles. The molecule has 0 aliphatic carbocycles. The number of nitrogens with one attached hydrogen (secondary N) is 2. The zero-order valence-corrected chi connectivity index (χ0v) is 19.9. The Morgan fingerprint density at radius 3 is 2.46 bits per heavy atom. The summed E-state index contributed by atoms with van der Waals surface area (Å²) in [5, 5.41) is 15.4. The number of carbonyl (C=O) groups excluding carboxylic acids is 3. The highest BCUT2D eigenvalue weighted by Gasteiger charge is 2.39. The lowest BCUT2D eigenvalue weighted by Gasteiger charge is -2.16. The lowest BCUT2D eigenvalue weighted by atomic mass is 10.1. The number of anilines is 3. The van der Waals surface area contributed by atoms with Crippen LogP contribution in [0.5, 0.6) is 11.5 Å². The number of rotatable bonds is 7. The molecule has 0 saturated heterocycles. The summed E-state index contributed by atoms with van der Waals surface area (Å²) in [4.78, 5) is 39.4.